The number of nitrogens with one attached hydrogen (secondary N) is 2. The lowest BCUT2D eigenvalue weighted by Crippen LogP contribution is -2.35. The number of hydrogen-bond donors (Lipinski definition) is 2. The van der Waals surface area contributed by atoms with Gasteiger partial charge in [0.05, 0.1) is 16.9 Å². The number of aryl methyl sites for hydroxylation is 2. The van der Waals surface area contributed by atoms with Gasteiger partial charge in [0.25, 0.3) is 5.56 Å². The van der Waals surface area contributed by atoms with E-state index >= 15 is 0 Å². The van der Waals surface area contributed by atoms with E-state index in [0.717, 1.165) is 62.1 Å². The lowest BCUT2D eigenvalue weighted by atomic mass is 9.97. The average Bonchev–Trinajstić information content (AvgIpc) is 2.81. The highest BCUT2D eigenvalue weighted by atomic mass is 32.2. The summed E-state index contributed by atoms with van der Waals surface area (Å²) in [5.74, 6) is 1.85. The topological polar surface area (TPSA) is 78.1 Å². The number of aromatic nitrogens is 2. The molecule has 2 aliphatic rings. The largest absolute Gasteiger partial charge is 0.341 e. The van der Waals surface area contributed by atoms with Gasteiger partial charge < -0.3 is 15.2 Å². The third-order valence-corrected chi connectivity index (χ3v) is 7.15. The highest BCUT2D eigenvalue weighted by Gasteiger charge is 2.20. The minimum atomic E-state index is -0.0186. The molecule has 1 aliphatic carbocycles. The van der Waals surface area contributed by atoms with E-state index < -0.39 is 0 Å². The molecule has 26 heavy (non-hydrogen) atoms. The minimum absolute atomic E-state index is 0.0186. The van der Waals surface area contributed by atoms with Crippen LogP contribution in [0.1, 0.15) is 35.5 Å². The molecule has 1 fully saturated rings. The Hall–Kier alpha value is -1.38. The maximum Gasteiger partial charge on any atom is 0.259 e. The second kappa shape index (κ2) is 8.10. The number of fused-ring (bicyclic) bond motifs is 3. The molecule has 2 N–H and O–H groups in total. The zero-order valence-corrected chi connectivity index (χ0v) is 16.4. The van der Waals surface area contributed by atoms with Crippen molar-refractivity contribution in [1.29, 1.82) is 0 Å². The second-order valence-electron chi connectivity index (χ2n) is 6.88. The summed E-state index contributed by atoms with van der Waals surface area (Å²) in [4.78, 5) is 36.6. The SMILES string of the molecule is O=C(CSCc1nc2sc3c(c2c(=O)[nH]1)CCCC3)N1CCCNCC1. The van der Waals surface area contributed by atoms with Crippen molar-refractivity contribution in [2.24, 2.45) is 0 Å². The third kappa shape index (κ3) is 3.82. The van der Waals surface area contributed by atoms with E-state index in [9.17, 15) is 9.59 Å². The van der Waals surface area contributed by atoms with Gasteiger partial charge in [-0.3, -0.25) is 9.59 Å². The number of thioether (sulfide) groups is 1. The van der Waals surface area contributed by atoms with Crippen LogP contribution in [-0.2, 0) is 23.4 Å². The molecule has 3 heterocycles. The standard InChI is InChI=1S/C18H24N4O2S2/c23-15(22-8-3-6-19-7-9-22)11-25-10-14-20-17(24)16-12-4-1-2-5-13(12)26-18(16)21-14/h19H,1-11H2,(H,20,21,24). The quantitative estimate of drug-likeness (QED) is 0.831. The fourth-order valence-electron chi connectivity index (χ4n) is 3.70. The molecule has 8 heteroatoms. The molecular weight excluding hydrogens is 368 g/mol. The predicted molar refractivity (Wildman–Crippen MR) is 107 cm³/mol. The number of thiophene rings is 1. The van der Waals surface area contributed by atoms with E-state index in [-0.39, 0.29) is 11.5 Å². The maximum atomic E-state index is 12.5. The van der Waals surface area contributed by atoms with E-state index in [1.807, 2.05) is 4.90 Å². The zero-order valence-electron chi connectivity index (χ0n) is 14.8. The molecule has 4 rings (SSSR count). The molecule has 0 bridgehead atoms. The summed E-state index contributed by atoms with van der Waals surface area (Å²) in [6, 6.07) is 0. The summed E-state index contributed by atoms with van der Waals surface area (Å²) < 4.78 is 0. The number of aromatic amines is 1. The monoisotopic (exact) mass is 392 g/mol. The first kappa shape index (κ1) is 18.0. The van der Waals surface area contributed by atoms with Crippen molar-refractivity contribution in [2.75, 3.05) is 31.9 Å². The first-order valence-electron chi connectivity index (χ1n) is 9.32. The van der Waals surface area contributed by atoms with Gasteiger partial charge in [-0.15, -0.1) is 23.1 Å². The fourth-order valence-corrected chi connectivity index (χ4v) is 5.77. The van der Waals surface area contributed by atoms with Crippen LogP contribution in [0, 0.1) is 0 Å². The number of rotatable bonds is 4. The molecule has 0 atom stereocenters. The van der Waals surface area contributed by atoms with Crippen LogP contribution in [0.2, 0.25) is 0 Å². The van der Waals surface area contributed by atoms with Crippen LogP contribution >= 0.6 is 23.1 Å². The number of carbonyl (C=O) groups excluding carboxylic acids is 1. The van der Waals surface area contributed by atoms with Crippen LogP contribution in [-0.4, -0.2) is 52.7 Å². The van der Waals surface area contributed by atoms with Gasteiger partial charge in [-0.2, -0.15) is 0 Å². The molecule has 0 aromatic carbocycles. The Morgan fingerprint density at radius 2 is 2.08 bits per heavy atom. The van der Waals surface area contributed by atoms with Gasteiger partial charge in [0.15, 0.2) is 0 Å². The summed E-state index contributed by atoms with van der Waals surface area (Å²) in [5.41, 5.74) is 1.20. The zero-order chi connectivity index (χ0) is 17.9. The van der Waals surface area contributed by atoms with E-state index in [1.54, 1.807) is 11.3 Å². The van der Waals surface area contributed by atoms with Crippen molar-refractivity contribution < 1.29 is 4.79 Å². The number of carbonyl (C=O) groups is 1. The molecule has 1 saturated heterocycles. The normalized spacial score (nSPS) is 17.9. The second-order valence-corrected chi connectivity index (χ2v) is 8.95. The first-order valence-corrected chi connectivity index (χ1v) is 11.3. The van der Waals surface area contributed by atoms with Gasteiger partial charge in [0.1, 0.15) is 10.7 Å². The first-order chi connectivity index (χ1) is 12.7. The third-order valence-electron chi connectivity index (χ3n) is 5.03. The summed E-state index contributed by atoms with van der Waals surface area (Å²) in [7, 11) is 0. The summed E-state index contributed by atoms with van der Waals surface area (Å²) in [6.45, 7) is 3.45. The number of hydrogen-bond acceptors (Lipinski definition) is 6. The van der Waals surface area contributed by atoms with E-state index in [2.05, 4.69) is 15.3 Å². The van der Waals surface area contributed by atoms with Crippen molar-refractivity contribution in [3.63, 3.8) is 0 Å². The molecule has 1 amide bonds. The Morgan fingerprint density at radius 3 is 3.00 bits per heavy atom. The van der Waals surface area contributed by atoms with Gasteiger partial charge in [0.2, 0.25) is 5.91 Å². The highest BCUT2D eigenvalue weighted by molar-refractivity contribution is 7.99. The molecule has 0 spiro atoms. The summed E-state index contributed by atoms with van der Waals surface area (Å²) >= 11 is 3.20. The van der Waals surface area contributed by atoms with Crippen molar-refractivity contribution in [3.05, 3.63) is 26.6 Å². The average molecular weight is 393 g/mol. The Morgan fingerprint density at radius 1 is 1.19 bits per heavy atom. The van der Waals surface area contributed by atoms with Gasteiger partial charge in [-0.1, -0.05) is 0 Å². The van der Waals surface area contributed by atoms with Crippen molar-refractivity contribution in [3.8, 4) is 0 Å². The van der Waals surface area contributed by atoms with Crippen LogP contribution in [0.4, 0.5) is 0 Å². The Labute approximate surface area is 160 Å². The van der Waals surface area contributed by atoms with E-state index in [4.69, 9.17) is 0 Å². The van der Waals surface area contributed by atoms with Crippen LogP contribution in [0.5, 0.6) is 0 Å². The maximum absolute atomic E-state index is 12.5. The summed E-state index contributed by atoms with van der Waals surface area (Å²) in [5, 5.41) is 4.11. The number of amides is 1. The fraction of sp³-hybridized carbons (Fsp3) is 0.611. The molecule has 1 aliphatic heterocycles. The molecule has 6 nitrogen and oxygen atoms in total. The predicted octanol–water partition coefficient (Wildman–Crippen LogP) is 1.92. The Balaban J connectivity index is 1.41. The van der Waals surface area contributed by atoms with Crippen LogP contribution < -0.4 is 10.9 Å². The van der Waals surface area contributed by atoms with Crippen LogP contribution in [0.3, 0.4) is 0 Å². The van der Waals surface area contributed by atoms with Gasteiger partial charge >= 0.3 is 0 Å². The van der Waals surface area contributed by atoms with E-state index in [0.29, 0.717) is 17.3 Å². The Bertz CT molecular complexity index is 853. The number of nitrogens with zero attached hydrogens (tertiary/aromatic N) is 2. The minimum Gasteiger partial charge on any atom is -0.341 e. The Kier molecular flexibility index (Phi) is 5.61. The van der Waals surface area contributed by atoms with Gasteiger partial charge in [-0.05, 0) is 44.2 Å². The molecule has 140 valence electrons. The van der Waals surface area contributed by atoms with Crippen molar-refractivity contribution in [2.45, 2.75) is 37.9 Å². The molecule has 2 aromatic heterocycles. The van der Waals surface area contributed by atoms with Gasteiger partial charge in [-0.25, -0.2) is 4.98 Å². The molecule has 2 aromatic rings. The van der Waals surface area contributed by atoms with Crippen molar-refractivity contribution in [1.82, 2.24) is 20.2 Å². The molecule has 0 saturated carbocycles. The lowest BCUT2D eigenvalue weighted by Gasteiger charge is -2.19. The lowest BCUT2D eigenvalue weighted by molar-refractivity contribution is -0.128. The number of H-pyrrole nitrogens is 1. The highest BCUT2D eigenvalue weighted by Crippen LogP contribution is 2.33. The van der Waals surface area contributed by atoms with Crippen LogP contribution in [0.15, 0.2) is 4.79 Å². The van der Waals surface area contributed by atoms with Crippen LogP contribution in [0.25, 0.3) is 10.2 Å². The molecule has 0 unspecified atom stereocenters. The molecule has 0 radical (unpaired) electrons. The van der Waals surface area contributed by atoms with Gasteiger partial charge in [0, 0.05) is 24.5 Å². The molecular formula is C18H24N4O2S2. The van der Waals surface area contributed by atoms with E-state index in [1.165, 1.54) is 28.6 Å². The summed E-state index contributed by atoms with van der Waals surface area (Å²) in [6.07, 6.45) is 5.43. The smallest absolute Gasteiger partial charge is 0.259 e. The van der Waals surface area contributed by atoms with Crippen molar-refractivity contribution >= 4 is 39.2 Å².